The van der Waals surface area contributed by atoms with Gasteiger partial charge in [0, 0.05) is 20.2 Å². The summed E-state index contributed by atoms with van der Waals surface area (Å²) < 4.78 is 11.4. The molecule has 2 rings (SSSR count). The van der Waals surface area contributed by atoms with E-state index in [0.29, 0.717) is 25.1 Å². The maximum atomic E-state index is 12.3. The number of hydrogen-bond donors (Lipinski definition) is 1. The summed E-state index contributed by atoms with van der Waals surface area (Å²) in [6, 6.07) is 7.27. The Hall–Kier alpha value is -1.60. The lowest BCUT2D eigenvalue weighted by molar-refractivity contribution is -0.159. The molecule has 1 amide bonds. The predicted molar refractivity (Wildman–Crippen MR) is 87.4 cm³/mol. The Labute approximate surface area is 143 Å². The van der Waals surface area contributed by atoms with Gasteiger partial charge in [-0.1, -0.05) is 12.1 Å². The van der Waals surface area contributed by atoms with Crippen molar-refractivity contribution in [1.82, 2.24) is 4.90 Å². The largest absolute Gasteiger partial charge is 0.483 e. The number of ether oxygens (including phenoxy) is 2. The highest BCUT2D eigenvalue weighted by Gasteiger charge is 2.43. The number of carboxylic acids is 1. The Morgan fingerprint density at radius 2 is 2.13 bits per heavy atom. The van der Waals surface area contributed by atoms with Gasteiger partial charge in [0.05, 0.1) is 11.1 Å². The molecule has 1 atom stereocenters. The van der Waals surface area contributed by atoms with Crippen LogP contribution in [-0.2, 0) is 14.3 Å². The molecule has 1 fully saturated rings. The van der Waals surface area contributed by atoms with Gasteiger partial charge in [0.25, 0.3) is 5.91 Å². The number of piperidine rings is 1. The van der Waals surface area contributed by atoms with Gasteiger partial charge < -0.3 is 19.5 Å². The second-order valence-corrected chi connectivity index (χ2v) is 6.51. The maximum absolute atomic E-state index is 12.3. The number of aliphatic carboxylic acids is 1. The zero-order valence-electron chi connectivity index (χ0n) is 13.0. The van der Waals surface area contributed by atoms with Gasteiger partial charge in [0.2, 0.25) is 0 Å². The van der Waals surface area contributed by atoms with Crippen LogP contribution in [0, 0.1) is 5.41 Å². The van der Waals surface area contributed by atoms with Gasteiger partial charge >= 0.3 is 5.97 Å². The van der Waals surface area contributed by atoms with Crippen molar-refractivity contribution in [3.05, 3.63) is 28.7 Å². The molecule has 1 saturated heterocycles. The van der Waals surface area contributed by atoms with Gasteiger partial charge in [0.1, 0.15) is 11.2 Å². The monoisotopic (exact) mass is 385 g/mol. The van der Waals surface area contributed by atoms with Crippen molar-refractivity contribution in [3.63, 3.8) is 0 Å². The summed E-state index contributed by atoms with van der Waals surface area (Å²) in [5.41, 5.74) is -1.03. The van der Waals surface area contributed by atoms with E-state index in [-0.39, 0.29) is 25.7 Å². The fourth-order valence-corrected chi connectivity index (χ4v) is 3.17. The van der Waals surface area contributed by atoms with Crippen LogP contribution in [0.1, 0.15) is 12.8 Å². The molecule has 1 aliphatic rings. The van der Waals surface area contributed by atoms with Crippen LogP contribution in [-0.4, -0.2) is 55.3 Å². The SMILES string of the molecule is COCC1(C(=O)O)CCCN(C(=O)COc2ccccc2Br)C1. The molecule has 126 valence electrons. The van der Waals surface area contributed by atoms with E-state index in [1.165, 1.54) is 7.11 Å². The molecule has 0 radical (unpaired) electrons. The molecular formula is C16H20BrNO5. The van der Waals surface area contributed by atoms with Crippen LogP contribution >= 0.6 is 15.9 Å². The van der Waals surface area contributed by atoms with E-state index < -0.39 is 11.4 Å². The van der Waals surface area contributed by atoms with E-state index in [1.807, 2.05) is 18.2 Å². The molecule has 1 aromatic rings. The number of carbonyl (C=O) groups excluding carboxylic acids is 1. The summed E-state index contributed by atoms with van der Waals surface area (Å²) in [5, 5.41) is 9.51. The Morgan fingerprint density at radius 1 is 1.39 bits per heavy atom. The second-order valence-electron chi connectivity index (χ2n) is 5.66. The normalized spacial score (nSPS) is 21.0. The highest BCUT2D eigenvalue weighted by molar-refractivity contribution is 9.10. The van der Waals surface area contributed by atoms with Crippen molar-refractivity contribution in [3.8, 4) is 5.75 Å². The highest BCUT2D eigenvalue weighted by atomic mass is 79.9. The molecule has 0 bridgehead atoms. The Morgan fingerprint density at radius 3 is 2.78 bits per heavy atom. The van der Waals surface area contributed by atoms with Gasteiger partial charge in [-0.25, -0.2) is 0 Å². The summed E-state index contributed by atoms with van der Waals surface area (Å²) in [5.74, 6) is -0.565. The average Bonchev–Trinajstić information content (AvgIpc) is 2.54. The summed E-state index contributed by atoms with van der Waals surface area (Å²) in [7, 11) is 1.47. The van der Waals surface area contributed by atoms with Crippen LogP contribution in [0.25, 0.3) is 0 Å². The van der Waals surface area contributed by atoms with Crippen molar-refractivity contribution < 1.29 is 24.2 Å². The zero-order valence-corrected chi connectivity index (χ0v) is 14.5. The topological polar surface area (TPSA) is 76.1 Å². The number of carbonyl (C=O) groups is 2. The number of nitrogens with zero attached hydrogens (tertiary/aromatic N) is 1. The minimum Gasteiger partial charge on any atom is -0.483 e. The van der Waals surface area contributed by atoms with Crippen molar-refractivity contribution >= 4 is 27.8 Å². The number of halogens is 1. The standard InChI is InChI=1S/C16H20BrNO5/c1-22-11-16(15(20)21)7-4-8-18(10-16)14(19)9-23-13-6-3-2-5-12(13)17/h2-3,5-6H,4,7-11H2,1H3,(H,20,21). The third-order valence-corrected chi connectivity index (χ3v) is 4.65. The molecule has 23 heavy (non-hydrogen) atoms. The minimum absolute atomic E-state index is 0.0944. The molecule has 1 aromatic carbocycles. The van der Waals surface area contributed by atoms with Crippen LogP contribution in [0.4, 0.5) is 0 Å². The third kappa shape index (κ3) is 4.23. The average molecular weight is 386 g/mol. The Bertz CT molecular complexity index is 575. The molecule has 1 unspecified atom stereocenters. The first-order valence-electron chi connectivity index (χ1n) is 7.36. The zero-order chi connectivity index (χ0) is 16.9. The number of likely N-dealkylation sites (tertiary alicyclic amines) is 1. The predicted octanol–water partition coefficient (Wildman–Crippen LogP) is 2.17. The van der Waals surface area contributed by atoms with E-state index in [2.05, 4.69) is 15.9 Å². The lowest BCUT2D eigenvalue weighted by Gasteiger charge is -2.39. The van der Waals surface area contributed by atoms with E-state index in [4.69, 9.17) is 9.47 Å². The summed E-state index contributed by atoms with van der Waals surface area (Å²) >= 11 is 3.36. The smallest absolute Gasteiger partial charge is 0.313 e. The van der Waals surface area contributed by atoms with Gasteiger partial charge in [0.15, 0.2) is 6.61 Å². The highest BCUT2D eigenvalue weighted by Crippen LogP contribution is 2.31. The summed E-state index contributed by atoms with van der Waals surface area (Å²) in [6.45, 7) is 0.660. The lowest BCUT2D eigenvalue weighted by Crippen LogP contribution is -2.53. The van der Waals surface area contributed by atoms with Crippen LogP contribution in [0.5, 0.6) is 5.75 Å². The number of benzene rings is 1. The van der Waals surface area contributed by atoms with Gasteiger partial charge in [-0.2, -0.15) is 0 Å². The molecule has 1 heterocycles. The number of rotatable bonds is 6. The molecule has 1 aliphatic heterocycles. The van der Waals surface area contributed by atoms with E-state index in [1.54, 1.807) is 11.0 Å². The van der Waals surface area contributed by atoms with Gasteiger partial charge in [-0.15, -0.1) is 0 Å². The first-order chi connectivity index (χ1) is 11.0. The second kappa shape index (κ2) is 7.79. The van der Waals surface area contributed by atoms with Gasteiger partial charge in [-0.3, -0.25) is 9.59 Å². The molecule has 0 aromatic heterocycles. The Kier molecular flexibility index (Phi) is 6.01. The summed E-state index contributed by atoms with van der Waals surface area (Å²) in [6.07, 6.45) is 1.14. The number of amides is 1. The van der Waals surface area contributed by atoms with Crippen LogP contribution < -0.4 is 4.74 Å². The van der Waals surface area contributed by atoms with Crippen molar-refractivity contribution in [1.29, 1.82) is 0 Å². The van der Waals surface area contributed by atoms with E-state index in [0.717, 1.165) is 4.47 Å². The number of carboxylic acid groups (broad SMARTS) is 1. The molecular weight excluding hydrogens is 366 g/mol. The lowest BCUT2D eigenvalue weighted by atomic mass is 9.80. The quantitative estimate of drug-likeness (QED) is 0.811. The molecule has 7 heteroatoms. The van der Waals surface area contributed by atoms with E-state index in [9.17, 15) is 14.7 Å². The van der Waals surface area contributed by atoms with E-state index >= 15 is 0 Å². The first-order valence-corrected chi connectivity index (χ1v) is 8.15. The molecule has 0 aliphatic carbocycles. The minimum atomic E-state index is -1.03. The van der Waals surface area contributed by atoms with Gasteiger partial charge in [-0.05, 0) is 40.9 Å². The first kappa shape index (κ1) is 17.7. The third-order valence-electron chi connectivity index (χ3n) is 3.99. The van der Waals surface area contributed by atoms with Crippen LogP contribution in [0.3, 0.4) is 0 Å². The van der Waals surface area contributed by atoms with Crippen molar-refractivity contribution in [2.75, 3.05) is 33.4 Å². The fourth-order valence-electron chi connectivity index (χ4n) is 2.77. The van der Waals surface area contributed by atoms with Crippen molar-refractivity contribution in [2.24, 2.45) is 5.41 Å². The summed E-state index contributed by atoms with van der Waals surface area (Å²) in [4.78, 5) is 25.5. The van der Waals surface area contributed by atoms with Crippen LogP contribution in [0.15, 0.2) is 28.7 Å². The number of hydrogen-bond acceptors (Lipinski definition) is 4. The fraction of sp³-hybridized carbons (Fsp3) is 0.500. The molecule has 6 nitrogen and oxygen atoms in total. The number of methoxy groups -OCH3 is 1. The Balaban J connectivity index is 1.99. The molecule has 0 spiro atoms. The molecule has 0 saturated carbocycles. The number of para-hydroxylation sites is 1. The molecule has 1 N–H and O–H groups in total. The van der Waals surface area contributed by atoms with Crippen molar-refractivity contribution in [2.45, 2.75) is 12.8 Å². The van der Waals surface area contributed by atoms with Crippen LogP contribution in [0.2, 0.25) is 0 Å². The maximum Gasteiger partial charge on any atom is 0.313 e.